The zero-order valence-corrected chi connectivity index (χ0v) is 13.3. The van der Waals surface area contributed by atoms with Gasteiger partial charge in [-0.15, -0.1) is 0 Å². The van der Waals surface area contributed by atoms with Gasteiger partial charge in [0, 0.05) is 13.1 Å². The van der Waals surface area contributed by atoms with Gasteiger partial charge < -0.3 is 19.1 Å². The number of hydrogen-bond acceptors (Lipinski definition) is 4. The van der Waals surface area contributed by atoms with Gasteiger partial charge >= 0.3 is 6.09 Å². The monoisotopic (exact) mass is 303 g/mol. The lowest BCUT2D eigenvalue weighted by Crippen LogP contribution is -2.36. The van der Waals surface area contributed by atoms with Crippen LogP contribution in [0.25, 0.3) is 5.57 Å². The zero-order valence-electron chi connectivity index (χ0n) is 13.3. The van der Waals surface area contributed by atoms with Crippen LogP contribution in [-0.2, 0) is 11.3 Å². The molecule has 0 radical (unpaired) electrons. The molecule has 0 spiro atoms. The molecule has 2 aliphatic heterocycles. The summed E-state index contributed by atoms with van der Waals surface area (Å²) in [4.78, 5) is 14.0. The summed E-state index contributed by atoms with van der Waals surface area (Å²) in [6.07, 6.45) is 0.414. The maximum atomic E-state index is 12.3. The van der Waals surface area contributed by atoms with Crippen molar-refractivity contribution in [3.05, 3.63) is 29.8 Å². The van der Waals surface area contributed by atoms with Crippen molar-refractivity contribution < 1.29 is 19.0 Å². The van der Waals surface area contributed by atoms with Gasteiger partial charge in [0.1, 0.15) is 5.60 Å². The molecular formula is C17H21NO4. The van der Waals surface area contributed by atoms with Gasteiger partial charge in [0.15, 0.2) is 11.5 Å². The minimum atomic E-state index is -0.502. The number of carbonyl (C=O) groups is 1. The Hall–Kier alpha value is -2.17. The standard InChI is InChI=1S/C17H21NO4/c1-11-5-6-18(16(19)22-17(2,3)4)9-12-7-14-15(8-13(11)12)21-10-20-14/h7-8H,1,5-6,9-10H2,2-4H3. The predicted molar refractivity (Wildman–Crippen MR) is 82.9 cm³/mol. The van der Waals surface area contributed by atoms with E-state index in [9.17, 15) is 4.79 Å². The molecule has 5 heteroatoms. The number of fused-ring (bicyclic) bond motifs is 2. The molecule has 0 saturated carbocycles. The summed E-state index contributed by atoms with van der Waals surface area (Å²) in [6.45, 7) is 11.1. The van der Waals surface area contributed by atoms with Crippen LogP contribution in [0.15, 0.2) is 18.7 Å². The van der Waals surface area contributed by atoms with E-state index in [0.717, 1.165) is 28.2 Å². The fourth-order valence-electron chi connectivity index (χ4n) is 2.62. The maximum absolute atomic E-state index is 12.3. The molecule has 118 valence electrons. The third kappa shape index (κ3) is 2.89. The Labute approximate surface area is 130 Å². The molecule has 0 fully saturated rings. The van der Waals surface area contributed by atoms with Crippen molar-refractivity contribution in [2.45, 2.75) is 39.3 Å². The first-order valence-corrected chi connectivity index (χ1v) is 7.42. The van der Waals surface area contributed by atoms with E-state index in [1.807, 2.05) is 32.9 Å². The fraction of sp³-hybridized carbons (Fsp3) is 0.471. The van der Waals surface area contributed by atoms with Crippen molar-refractivity contribution in [1.29, 1.82) is 0 Å². The summed E-state index contributed by atoms with van der Waals surface area (Å²) in [7, 11) is 0. The molecule has 3 rings (SSSR count). The second kappa shape index (κ2) is 5.23. The average Bonchev–Trinajstić information content (AvgIpc) is 2.80. The van der Waals surface area contributed by atoms with Crippen molar-refractivity contribution >= 4 is 11.7 Å². The molecule has 0 aliphatic carbocycles. The lowest BCUT2D eigenvalue weighted by molar-refractivity contribution is 0.0240. The van der Waals surface area contributed by atoms with Gasteiger partial charge in [0.05, 0.1) is 0 Å². The molecule has 0 bridgehead atoms. The SMILES string of the molecule is C=C1CCN(C(=O)OC(C)(C)C)Cc2cc3c(cc21)OCO3. The third-order valence-corrected chi connectivity index (χ3v) is 3.68. The van der Waals surface area contributed by atoms with Gasteiger partial charge in [-0.3, -0.25) is 0 Å². The van der Waals surface area contributed by atoms with Gasteiger partial charge in [-0.1, -0.05) is 6.58 Å². The summed E-state index contributed by atoms with van der Waals surface area (Å²) in [5, 5.41) is 0. The lowest BCUT2D eigenvalue weighted by atomic mass is 9.99. The van der Waals surface area contributed by atoms with Crippen molar-refractivity contribution in [3.8, 4) is 11.5 Å². The van der Waals surface area contributed by atoms with Crippen molar-refractivity contribution in [2.24, 2.45) is 0 Å². The molecule has 0 aromatic heterocycles. The Kier molecular flexibility index (Phi) is 3.51. The Bertz CT molecular complexity index is 630. The highest BCUT2D eigenvalue weighted by atomic mass is 16.7. The van der Waals surface area contributed by atoms with Gasteiger partial charge in [-0.2, -0.15) is 0 Å². The molecule has 22 heavy (non-hydrogen) atoms. The first-order chi connectivity index (χ1) is 10.3. The molecule has 0 N–H and O–H groups in total. The molecule has 2 aliphatic rings. The number of hydrogen-bond donors (Lipinski definition) is 0. The smallest absolute Gasteiger partial charge is 0.410 e. The molecule has 2 heterocycles. The van der Waals surface area contributed by atoms with Crippen LogP contribution < -0.4 is 9.47 Å². The second-order valence-corrected chi connectivity index (χ2v) is 6.62. The third-order valence-electron chi connectivity index (χ3n) is 3.68. The van der Waals surface area contributed by atoms with E-state index in [4.69, 9.17) is 14.2 Å². The van der Waals surface area contributed by atoms with Crippen LogP contribution in [0.5, 0.6) is 11.5 Å². The molecule has 5 nitrogen and oxygen atoms in total. The largest absolute Gasteiger partial charge is 0.454 e. The van der Waals surface area contributed by atoms with Crippen LogP contribution in [0.1, 0.15) is 38.3 Å². The quantitative estimate of drug-likeness (QED) is 0.735. The van der Waals surface area contributed by atoms with E-state index in [2.05, 4.69) is 6.58 Å². The molecule has 1 amide bonds. The summed E-state index contributed by atoms with van der Waals surface area (Å²) in [5.74, 6) is 1.46. The first-order valence-electron chi connectivity index (χ1n) is 7.42. The highest BCUT2D eigenvalue weighted by Crippen LogP contribution is 2.39. The van der Waals surface area contributed by atoms with Gasteiger partial charge in [-0.25, -0.2) is 4.79 Å². The van der Waals surface area contributed by atoms with E-state index in [-0.39, 0.29) is 12.9 Å². The lowest BCUT2D eigenvalue weighted by Gasteiger charge is -2.26. The fourth-order valence-corrected chi connectivity index (χ4v) is 2.62. The molecular weight excluding hydrogens is 282 g/mol. The number of amides is 1. The summed E-state index contributed by atoms with van der Waals surface area (Å²) >= 11 is 0. The van der Waals surface area contributed by atoms with Crippen LogP contribution in [0.2, 0.25) is 0 Å². The zero-order chi connectivity index (χ0) is 15.9. The van der Waals surface area contributed by atoms with Crippen LogP contribution in [0.3, 0.4) is 0 Å². The average molecular weight is 303 g/mol. The number of ether oxygens (including phenoxy) is 3. The highest BCUT2D eigenvalue weighted by Gasteiger charge is 2.27. The Balaban J connectivity index is 1.88. The Morgan fingerprint density at radius 1 is 1.27 bits per heavy atom. The topological polar surface area (TPSA) is 48.0 Å². The van der Waals surface area contributed by atoms with Crippen molar-refractivity contribution in [3.63, 3.8) is 0 Å². The normalized spacial score (nSPS) is 17.0. The second-order valence-electron chi connectivity index (χ2n) is 6.62. The van der Waals surface area contributed by atoms with Crippen molar-refractivity contribution in [2.75, 3.05) is 13.3 Å². The minimum Gasteiger partial charge on any atom is -0.454 e. The first kappa shape index (κ1) is 14.8. The predicted octanol–water partition coefficient (Wildman–Crippen LogP) is 3.57. The van der Waals surface area contributed by atoms with E-state index < -0.39 is 5.60 Å². The van der Waals surface area contributed by atoms with Crippen molar-refractivity contribution in [1.82, 2.24) is 4.90 Å². The molecule has 0 saturated heterocycles. The molecule has 1 aromatic rings. The molecule has 0 atom stereocenters. The minimum absolute atomic E-state index is 0.237. The Morgan fingerprint density at radius 2 is 1.95 bits per heavy atom. The van der Waals surface area contributed by atoms with Crippen LogP contribution in [0, 0.1) is 0 Å². The number of nitrogens with zero attached hydrogens (tertiary/aromatic N) is 1. The van der Waals surface area contributed by atoms with E-state index in [0.29, 0.717) is 19.5 Å². The number of carbonyl (C=O) groups excluding carboxylic acids is 1. The summed E-state index contributed by atoms with van der Waals surface area (Å²) in [5.41, 5.74) is 2.55. The van der Waals surface area contributed by atoms with Crippen LogP contribution in [0.4, 0.5) is 4.79 Å². The maximum Gasteiger partial charge on any atom is 0.410 e. The Morgan fingerprint density at radius 3 is 2.64 bits per heavy atom. The number of benzene rings is 1. The van der Waals surface area contributed by atoms with Crippen LogP contribution >= 0.6 is 0 Å². The van der Waals surface area contributed by atoms with E-state index in [1.54, 1.807) is 4.90 Å². The van der Waals surface area contributed by atoms with E-state index >= 15 is 0 Å². The van der Waals surface area contributed by atoms with Crippen LogP contribution in [-0.4, -0.2) is 29.9 Å². The highest BCUT2D eigenvalue weighted by molar-refractivity contribution is 5.74. The molecule has 1 aromatic carbocycles. The van der Waals surface area contributed by atoms with Gasteiger partial charge in [-0.05, 0) is 56.0 Å². The van der Waals surface area contributed by atoms with Gasteiger partial charge in [0.2, 0.25) is 6.79 Å². The van der Waals surface area contributed by atoms with E-state index in [1.165, 1.54) is 0 Å². The van der Waals surface area contributed by atoms with Gasteiger partial charge in [0.25, 0.3) is 0 Å². The summed E-state index contributed by atoms with van der Waals surface area (Å²) < 4.78 is 16.3. The molecule has 0 unspecified atom stereocenters. The summed E-state index contributed by atoms with van der Waals surface area (Å²) in [6, 6.07) is 3.89. The number of rotatable bonds is 0.